The molecule has 0 fully saturated rings. The second kappa shape index (κ2) is 12.2. The standard InChI is InChI=1S/C32H23F9/c1-2-3-24(33)31(38)22-12-10-21(11-13-22)20-8-6-18(7-9-20)4-5-19-14-25(34)29(26(35)15-19)23-16-27(36)30(28(37)17-23)32(39,40)41/h6-17H,2-5H2,1H3/b31-24+. The lowest BCUT2D eigenvalue weighted by Crippen LogP contribution is -2.11. The average molecular weight is 579 g/mol. The smallest absolute Gasteiger partial charge is 0.209 e. The van der Waals surface area contributed by atoms with Gasteiger partial charge in [-0.15, -0.1) is 0 Å². The second-order valence-corrected chi connectivity index (χ2v) is 9.49. The summed E-state index contributed by atoms with van der Waals surface area (Å²) in [4.78, 5) is 0. The lowest BCUT2D eigenvalue weighted by Gasteiger charge is -2.13. The summed E-state index contributed by atoms with van der Waals surface area (Å²) in [5.74, 6) is -7.95. The Bertz CT molecular complexity index is 1520. The van der Waals surface area contributed by atoms with Gasteiger partial charge in [0.1, 0.15) is 34.7 Å². The van der Waals surface area contributed by atoms with Crippen molar-refractivity contribution < 1.29 is 39.5 Å². The second-order valence-electron chi connectivity index (χ2n) is 9.49. The van der Waals surface area contributed by atoms with Gasteiger partial charge in [0.15, 0.2) is 5.83 Å². The number of rotatable bonds is 8. The van der Waals surface area contributed by atoms with Gasteiger partial charge in [0, 0.05) is 12.0 Å². The maximum Gasteiger partial charge on any atom is 0.422 e. The van der Waals surface area contributed by atoms with Gasteiger partial charge in [-0.2, -0.15) is 13.2 Å². The van der Waals surface area contributed by atoms with Gasteiger partial charge in [0.25, 0.3) is 0 Å². The Kier molecular flexibility index (Phi) is 8.95. The zero-order chi connectivity index (χ0) is 29.9. The maximum atomic E-state index is 14.8. The lowest BCUT2D eigenvalue weighted by molar-refractivity contribution is -0.142. The van der Waals surface area contributed by atoms with Crippen LogP contribution in [0.3, 0.4) is 0 Å². The molecule has 41 heavy (non-hydrogen) atoms. The summed E-state index contributed by atoms with van der Waals surface area (Å²) >= 11 is 0. The van der Waals surface area contributed by atoms with E-state index >= 15 is 0 Å². The molecule has 0 aromatic heterocycles. The van der Waals surface area contributed by atoms with E-state index < -0.39 is 57.8 Å². The number of hydrogen-bond donors (Lipinski definition) is 0. The van der Waals surface area contributed by atoms with Gasteiger partial charge in [0.2, 0.25) is 0 Å². The van der Waals surface area contributed by atoms with Crippen LogP contribution in [0, 0.1) is 23.3 Å². The minimum Gasteiger partial charge on any atom is -0.209 e. The molecule has 9 heteroatoms. The summed E-state index contributed by atoms with van der Waals surface area (Å²) in [6.07, 6.45) is -4.20. The Hall–Kier alpha value is -4.01. The van der Waals surface area contributed by atoms with Crippen molar-refractivity contribution in [3.05, 3.63) is 124 Å². The largest absolute Gasteiger partial charge is 0.422 e. The molecule has 0 N–H and O–H groups in total. The van der Waals surface area contributed by atoms with Crippen LogP contribution in [0.4, 0.5) is 39.5 Å². The third kappa shape index (κ3) is 6.84. The van der Waals surface area contributed by atoms with Gasteiger partial charge in [-0.1, -0.05) is 55.5 Å². The summed E-state index contributed by atoms with van der Waals surface area (Å²) in [5.41, 5.74) is -0.849. The zero-order valence-corrected chi connectivity index (χ0v) is 21.7. The quantitative estimate of drug-likeness (QED) is 0.183. The minimum absolute atomic E-state index is 0.0254. The molecule has 0 aliphatic rings. The number of hydrogen-bond acceptors (Lipinski definition) is 0. The summed E-state index contributed by atoms with van der Waals surface area (Å²) in [7, 11) is 0. The van der Waals surface area contributed by atoms with E-state index in [9.17, 15) is 39.5 Å². The van der Waals surface area contributed by atoms with Crippen LogP contribution in [-0.4, -0.2) is 0 Å². The first kappa shape index (κ1) is 30.0. The van der Waals surface area contributed by atoms with Crippen LogP contribution in [0.15, 0.2) is 78.6 Å². The summed E-state index contributed by atoms with van der Waals surface area (Å²) in [6, 6.07) is 16.0. The molecule has 0 aliphatic heterocycles. The lowest BCUT2D eigenvalue weighted by atomic mass is 9.97. The molecule has 0 bridgehead atoms. The Morgan fingerprint density at radius 2 is 1.10 bits per heavy atom. The number of halogens is 9. The van der Waals surface area contributed by atoms with Crippen molar-refractivity contribution in [3.63, 3.8) is 0 Å². The SMILES string of the molecule is CCC/C(F)=C(\F)c1ccc(-c2ccc(CCc3cc(F)c(-c4cc(F)c(C(F)(F)F)c(F)c4)c(F)c3)cc2)cc1. The molecule has 0 unspecified atom stereocenters. The van der Waals surface area contributed by atoms with E-state index in [0.29, 0.717) is 12.8 Å². The minimum atomic E-state index is -5.30. The molecule has 214 valence electrons. The molecule has 0 heterocycles. The Balaban J connectivity index is 1.46. The fourth-order valence-electron chi connectivity index (χ4n) is 4.48. The number of alkyl halides is 3. The van der Waals surface area contributed by atoms with E-state index in [1.807, 2.05) is 12.1 Å². The van der Waals surface area contributed by atoms with Crippen LogP contribution in [0.5, 0.6) is 0 Å². The predicted octanol–water partition coefficient (Wildman–Crippen LogP) is 10.8. The Morgan fingerprint density at radius 1 is 0.610 bits per heavy atom. The molecule has 0 amide bonds. The highest BCUT2D eigenvalue weighted by atomic mass is 19.4. The Labute approximate surface area is 230 Å². The summed E-state index contributed by atoms with van der Waals surface area (Å²) in [6.45, 7) is 1.76. The van der Waals surface area contributed by atoms with Crippen molar-refractivity contribution in [2.75, 3.05) is 0 Å². The van der Waals surface area contributed by atoms with E-state index in [1.54, 1.807) is 31.2 Å². The molecular weight excluding hydrogens is 555 g/mol. The average Bonchev–Trinajstić information content (AvgIpc) is 2.90. The molecule has 0 nitrogen and oxygen atoms in total. The van der Waals surface area contributed by atoms with Gasteiger partial charge in [-0.3, -0.25) is 0 Å². The van der Waals surface area contributed by atoms with Gasteiger partial charge in [0.05, 0.1) is 5.56 Å². The molecule has 0 aliphatic carbocycles. The van der Waals surface area contributed by atoms with Crippen LogP contribution < -0.4 is 0 Å². The molecule has 0 atom stereocenters. The van der Waals surface area contributed by atoms with Crippen LogP contribution in [0.1, 0.15) is 42.0 Å². The topological polar surface area (TPSA) is 0 Å². The van der Waals surface area contributed by atoms with Gasteiger partial charge < -0.3 is 0 Å². The van der Waals surface area contributed by atoms with E-state index in [2.05, 4.69) is 0 Å². The molecule has 0 saturated heterocycles. The fourth-order valence-corrected chi connectivity index (χ4v) is 4.48. The highest BCUT2D eigenvalue weighted by Crippen LogP contribution is 2.37. The van der Waals surface area contributed by atoms with E-state index in [0.717, 1.165) is 28.8 Å². The number of benzene rings is 4. The summed E-state index contributed by atoms with van der Waals surface area (Å²) < 4.78 is 124. The van der Waals surface area contributed by atoms with E-state index in [-0.39, 0.29) is 36.1 Å². The van der Waals surface area contributed by atoms with Crippen molar-refractivity contribution >= 4 is 5.83 Å². The first-order valence-electron chi connectivity index (χ1n) is 12.7. The monoisotopic (exact) mass is 578 g/mol. The normalized spacial score (nSPS) is 12.4. The van der Waals surface area contributed by atoms with Crippen molar-refractivity contribution in [1.82, 2.24) is 0 Å². The molecule has 4 aromatic rings. The molecular formula is C32H23F9. The fraction of sp³-hybridized carbons (Fsp3) is 0.188. The highest BCUT2D eigenvalue weighted by molar-refractivity contribution is 5.69. The predicted molar refractivity (Wildman–Crippen MR) is 140 cm³/mol. The maximum absolute atomic E-state index is 14.8. The zero-order valence-electron chi connectivity index (χ0n) is 21.7. The first-order chi connectivity index (χ1) is 19.4. The first-order valence-corrected chi connectivity index (χ1v) is 12.7. The third-order valence-electron chi connectivity index (χ3n) is 6.55. The van der Waals surface area contributed by atoms with Gasteiger partial charge >= 0.3 is 6.18 Å². The van der Waals surface area contributed by atoms with E-state index in [1.165, 1.54) is 12.1 Å². The van der Waals surface area contributed by atoms with Crippen LogP contribution >= 0.6 is 0 Å². The van der Waals surface area contributed by atoms with Crippen molar-refractivity contribution in [3.8, 4) is 22.3 Å². The van der Waals surface area contributed by atoms with E-state index in [4.69, 9.17) is 0 Å². The van der Waals surface area contributed by atoms with Gasteiger partial charge in [-0.25, -0.2) is 26.3 Å². The Morgan fingerprint density at radius 3 is 1.59 bits per heavy atom. The van der Waals surface area contributed by atoms with Crippen molar-refractivity contribution in [2.45, 2.75) is 38.8 Å². The van der Waals surface area contributed by atoms with Crippen LogP contribution in [0.25, 0.3) is 28.1 Å². The molecule has 0 radical (unpaired) electrons. The molecule has 4 aromatic carbocycles. The molecule has 0 spiro atoms. The van der Waals surface area contributed by atoms with Gasteiger partial charge in [-0.05, 0) is 71.3 Å². The van der Waals surface area contributed by atoms with Crippen molar-refractivity contribution in [2.24, 2.45) is 0 Å². The highest BCUT2D eigenvalue weighted by Gasteiger charge is 2.38. The number of aryl methyl sites for hydroxylation is 2. The molecule has 0 saturated carbocycles. The number of allylic oxidation sites excluding steroid dienone is 1. The van der Waals surface area contributed by atoms with Crippen molar-refractivity contribution in [1.29, 1.82) is 0 Å². The summed E-state index contributed by atoms with van der Waals surface area (Å²) in [5, 5.41) is 0. The molecule has 4 rings (SSSR count). The van der Waals surface area contributed by atoms with Crippen LogP contribution in [-0.2, 0) is 19.0 Å². The third-order valence-corrected chi connectivity index (χ3v) is 6.55. The van der Waals surface area contributed by atoms with Crippen LogP contribution in [0.2, 0.25) is 0 Å².